The number of thiazole rings is 1. The smallest absolute Gasteiger partial charge is 0.253 e. The fourth-order valence-corrected chi connectivity index (χ4v) is 4.95. The van der Waals surface area contributed by atoms with Crippen LogP contribution in [-0.2, 0) is 6.42 Å². The molecule has 1 heterocycles. The van der Waals surface area contributed by atoms with Gasteiger partial charge in [0.25, 0.3) is 5.91 Å². The molecule has 0 bridgehead atoms. The van der Waals surface area contributed by atoms with E-state index in [1.54, 1.807) is 18.4 Å². The Balaban J connectivity index is 1.60. The predicted octanol–water partition coefficient (Wildman–Crippen LogP) is 4.37. The summed E-state index contributed by atoms with van der Waals surface area (Å²) < 4.78 is 0. The van der Waals surface area contributed by atoms with Crippen LogP contribution in [0.25, 0.3) is 11.3 Å². The molecule has 1 amide bonds. The number of nitrogen functional groups attached to an aromatic ring is 1. The molecule has 0 radical (unpaired) electrons. The fraction of sp³-hybridized carbons (Fsp3) is 0.360. The SMILES string of the molecule is CNc1c(C(=O)N[C@H]2CCCC[C@@H]2O)cc(Cc2ccc(-c3cscn3)cc2)c(C)c1N. The summed E-state index contributed by atoms with van der Waals surface area (Å²) >= 11 is 1.58. The van der Waals surface area contributed by atoms with Crippen molar-refractivity contribution in [3.63, 3.8) is 0 Å². The van der Waals surface area contributed by atoms with Crippen molar-refractivity contribution < 1.29 is 9.90 Å². The Morgan fingerprint density at radius 3 is 2.66 bits per heavy atom. The van der Waals surface area contributed by atoms with Crippen molar-refractivity contribution in [1.82, 2.24) is 10.3 Å². The molecule has 7 heteroatoms. The number of anilines is 2. The van der Waals surface area contributed by atoms with Gasteiger partial charge in [-0.15, -0.1) is 11.3 Å². The summed E-state index contributed by atoms with van der Waals surface area (Å²) in [5.41, 5.74) is 15.2. The lowest BCUT2D eigenvalue weighted by molar-refractivity contribution is 0.0718. The summed E-state index contributed by atoms with van der Waals surface area (Å²) in [7, 11) is 1.77. The predicted molar refractivity (Wildman–Crippen MR) is 131 cm³/mol. The van der Waals surface area contributed by atoms with E-state index in [2.05, 4.69) is 39.9 Å². The lowest BCUT2D eigenvalue weighted by Gasteiger charge is -2.29. The second-order valence-electron chi connectivity index (χ2n) is 8.43. The van der Waals surface area contributed by atoms with Crippen molar-refractivity contribution in [2.24, 2.45) is 0 Å². The molecule has 1 aliphatic carbocycles. The van der Waals surface area contributed by atoms with Crippen molar-refractivity contribution in [3.8, 4) is 11.3 Å². The van der Waals surface area contributed by atoms with Crippen LogP contribution in [0.1, 0.15) is 52.7 Å². The van der Waals surface area contributed by atoms with Crippen LogP contribution >= 0.6 is 11.3 Å². The van der Waals surface area contributed by atoms with Crippen LogP contribution in [0.4, 0.5) is 11.4 Å². The van der Waals surface area contributed by atoms with Gasteiger partial charge in [0.05, 0.1) is 40.3 Å². The number of rotatable bonds is 6. The summed E-state index contributed by atoms with van der Waals surface area (Å²) in [5, 5.41) is 18.4. The van der Waals surface area contributed by atoms with E-state index >= 15 is 0 Å². The zero-order valence-electron chi connectivity index (χ0n) is 18.5. The number of benzene rings is 2. The van der Waals surface area contributed by atoms with Gasteiger partial charge < -0.3 is 21.5 Å². The van der Waals surface area contributed by atoms with E-state index in [4.69, 9.17) is 5.73 Å². The summed E-state index contributed by atoms with van der Waals surface area (Å²) in [6, 6.07) is 10.0. The molecule has 1 fully saturated rings. The zero-order chi connectivity index (χ0) is 22.7. The van der Waals surface area contributed by atoms with Gasteiger partial charge in [0, 0.05) is 18.0 Å². The van der Waals surface area contributed by atoms with Gasteiger partial charge in [-0.1, -0.05) is 37.1 Å². The highest BCUT2D eigenvalue weighted by Gasteiger charge is 2.26. The Hall–Kier alpha value is -2.90. The van der Waals surface area contributed by atoms with Crippen molar-refractivity contribution in [2.45, 2.75) is 51.2 Å². The molecule has 32 heavy (non-hydrogen) atoms. The van der Waals surface area contributed by atoms with Crippen molar-refractivity contribution in [2.75, 3.05) is 18.1 Å². The largest absolute Gasteiger partial charge is 0.397 e. The number of hydrogen-bond acceptors (Lipinski definition) is 6. The molecule has 0 unspecified atom stereocenters. The van der Waals surface area contributed by atoms with Crippen LogP contribution in [0.15, 0.2) is 41.2 Å². The maximum Gasteiger partial charge on any atom is 0.253 e. The lowest BCUT2D eigenvalue weighted by Crippen LogP contribution is -2.45. The Bertz CT molecular complexity index is 1080. The third-order valence-electron chi connectivity index (χ3n) is 6.36. The number of aliphatic hydroxyl groups excluding tert-OH is 1. The van der Waals surface area contributed by atoms with Crippen molar-refractivity contribution >= 4 is 28.6 Å². The molecule has 1 aromatic heterocycles. The Labute approximate surface area is 192 Å². The molecule has 2 atom stereocenters. The molecule has 3 aromatic rings. The number of nitrogens with one attached hydrogen (secondary N) is 2. The molecule has 0 saturated heterocycles. The first-order valence-electron chi connectivity index (χ1n) is 11.0. The molecule has 2 aromatic carbocycles. The van der Waals surface area contributed by atoms with Gasteiger partial charge >= 0.3 is 0 Å². The molecular weight excluding hydrogens is 420 g/mol. The van der Waals surface area contributed by atoms with Crippen LogP contribution in [0.5, 0.6) is 0 Å². The normalized spacial score (nSPS) is 18.3. The number of hydrogen-bond donors (Lipinski definition) is 4. The molecule has 1 saturated carbocycles. The summed E-state index contributed by atoms with van der Waals surface area (Å²) in [5.74, 6) is -0.202. The van der Waals surface area contributed by atoms with Crippen molar-refractivity contribution in [1.29, 1.82) is 0 Å². The van der Waals surface area contributed by atoms with Gasteiger partial charge in [0.2, 0.25) is 0 Å². The molecule has 4 rings (SSSR count). The Morgan fingerprint density at radius 2 is 2.00 bits per heavy atom. The second-order valence-corrected chi connectivity index (χ2v) is 9.14. The molecule has 6 nitrogen and oxygen atoms in total. The number of aromatic nitrogens is 1. The maximum atomic E-state index is 13.2. The average molecular weight is 451 g/mol. The minimum absolute atomic E-state index is 0.202. The number of nitrogens with zero attached hydrogens (tertiary/aromatic N) is 1. The first-order valence-corrected chi connectivity index (χ1v) is 12.0. The number of carbonyl (C=O) groups excluding carboxylic acids is 1. The summed E-state index contributed by atoms with van der Waals surface area (Å²) in [6.07, 6.45) is 3.70. The lowest BCUT2D eigenvalue weighted by atomic mass is 9.91. The van der Waals surface area contributed by atoms with E-state index < -0.39 is 6.10 Å². The van der Waals surface area contributed by atoms with E-state index in [1.807, 2.05) is 23.9 Å². The molecular formula is C25H30N4O2S. The van der Waals surface area contributed by atoms with Crippen LogP contribution in [0.2, 0.25) is 0 Å². The minimum atomic E-state index is -0.496. The molecule has 1 aliphatic rings. The quantitative estimate of drug-likeness (QED) is 0.418. The highest BCUT2D eigenvalue weighted by Crippen LogP contribution is 2.32. The van der Waals surface area contributed by atoms with Crippen LogP contribution < -0.4 is 16.4 Å². The standard InChI is InChI=1S/C25H30N4O2S/c1-15-18(11-16-7-9-17(10-8-16)21-13-32-14-28-21)12-19(24(27-2)23(15)26)25(31)29-20-5-3-4-6-22(20)30/h7-10,12-14,20,22,27,30H,3-6,11,26H2,1-2H3,(H,29,31)/t20-,22-/m0/s1. The third-order valence-corrected chi connectivity index (χ3v) is 6.95. The molecule has 168 valence electrons. The third kappa shape index (κ3) is 4.64. The summed E-state index contributed by atoms with van der Waals surface area (Å²) in [4.78, 5) is 17.5. The first-order chi connectivity index (χ1) is 15.5. The monoisotopic (exact) mass is 450 g/mol. The molecule has 5 N–H and O–H groups in total. The number of aliphatic hydroxyl groups is 1. The summed E-state index contributed by atoms with van der Waals surface area (Å²) in [6.45, 7) is 1.99. The minimum Gasteiger partial charge on any atom is -0.397 e. The van der Waals surface area contributed by atoms with Gasteiger partial charge in [0.1, 0.15) is 0 Å². The molecule has 0 aliphatic heterocycles. The van der Waals surface area contributed by atoms with E-state index in [-0.39, 0.29) is 11.9 Å². The van der Waals surface area contributed by atoms with Crippen LogP contribution in [0.3, 0.4) is 0 Å². The van der Waals surface area contributed by atoms with Crippen molar-refractivity contribution in [3.05, 3.63) is 63.5 Å². The number of carbonyl (C=O) groups is 1. The van der Waals surface area contributed by atoms with Gasteiger partial charge in [-0.05, 0) is 48.9 Å². The van der Waals surface area contributed by atoms with Gasteiger partial charge in [0.15, 0.2) is 0 Å². The highest BCUT2D eigenvalue weighted by molar-refractivity contribution is 7.07. The first kappa shape index (κ1) is 22.3. The highest BCUT2D eigenvalue weighted by atomic mass is 32.1. The zero-order valence-corrected chi connectivity index (χ0v) is 19.3. The van der Waals surface area contributed by atoms with E-state index in [9.17, 15) is 9.90 Å². The maximum absolute atomic E-state index is 13.2. The van der Waals surface area contributed by atoms with Crippen LogP contribution in [0, 0.1) is 6.92 Å². The van der Waals surface area contributed by atoms with Crippen LogP contribution in [-0.4, -0.2) is 35.2 Å². The Kier molecular flexibility index (Phi) is 6.77. The topological polar surface area (TPSA) is 100 Å². The van der Waals surface area contributed by atoms with Gasteiger partial charge in [-0.25, -0.2) is 4.98 Å². The fourth-order valence-electron chi connectivity index (χ4n) is 4.39. The van der Waals surface area contributed by atoms with E-state index in [1.165, 1.54) is 0 Å². The Morgan fingerprint density at radius 1 is 1.25 bits per heavy atom. The average Bonchev–Trinajstić information content (AvgIpc) is 3.34. The number of amides is 1. The van der Waals surface area contributed by atoms with Gasteiger partial charge in [-0.3, -0.25) is 4.79 Å². The van der Waals surface area contributed by atoms with E-state index in [0.717, 1.165) is 53.6 Å². The number of nitrogens with two attached hydrogens (primary N) is 1. The molecule has 0 spiro atoms. The van der Waals surface area contributed by atoms with E-state index in [0.29, 0.717) is 23.4 Å². The second kappa shape index (κ2) is 9.71. The van der Waals surface area contributed by atoms with Gasteiger partial charge in [-0.2, -0.15) is 0 Å².